The summed E-state index contributed by atoms with van der Waals surface area (Å²) >= 11 is 5.90. The molecule has 3 fully saturated rings. The molecular formula is C22H28ClN3O3. The first-order chi connectivity index (χ1) is 14.0. The van der Waals surface area contributed by atoms with Crippen molar-refractivity contribution in [3.05, 3.63) is 34.9 Å². The maximum Gasteiger partial charge on any atom is 0.253 e. The molecule has 1 aromatic carbocycles. The third-order valence-electron chi connectivity index (χ3n) is 6.25. The molecule has 1 atom stereocenters. The van der Waals surface area contributed by atoms with Gasteiger partial charge in [0.2, 0.25) is 11.8 Å². The summed E-state index contributed by atoms with van der Waals surface area (Å²) in [4.78, 5) is 41.4. The van der Waals surface area contributed by atoms with Crippen LogP contribution in [0.2, 0.25) is 5.02 Å². The van der Waals surface area contributed by atoms with Gasteiger partial charge in [0.05, 0.1) is 5.92 Å². The van der Waals surface area contributed by atoms with E-state index >= 15 is 0 Å². The number of piperidine rings is 2. The van der Waals surface area contributed by atoms with Gasteiger partial charge in [-0.3, -0.25) is 14.4 Å². The van der Waals surface area contributed by atoms with E-state index in [1.807, 2.05) is 4.90 Å². The Labute approximate surface area is 176 Å². The lowest BCUT2D eigenvalue weighted by Crippen LogP contribution is -2.51. The molecule has 3 amide bonds. The van der Waals surface area contributed by atoms with Crippen LogP contribution in [-0.2, 0) is 9.59 Å². The average molecular weight is 418 g/mol. The number of hydrogen-bond acceptors (Lipinski definition) is 3. The Kier molecular flexibility index (Phi) is 6.09. The van der Waals surface area contributed by atoms with Gasteiger partial charge in [-0.25, -0.2) is 0 Å². The van der Waals surface area contributed by atoms with Gasteiger partial charge >= 0.3 is 0 Å². The third-order valence-corrected chi connectivity index (χ3v) is 6.50. The fraction of sp³-hybridized carbons (Fsp3) is 0.591. The number of benzene rings is 1. The fourth-order valence-corrected chi connectivity index (χ4v) is 4.43. The number of halogens is 1. The van der Waals surface area contributed by atoms with E-state index in [2.05, 4.69) is 5.32 Å². The number of carbonyl (C=O) groups excluding carboxylic acids is 3. The number of nitrogens with one attached hydrogen (secondary N) is 1. The Hall–Kier alpha value is -2.08. The average Bonchev–Trinajstić information content (AvgIpc) is 3.59. The zero-order valence-corrected chi connectivity index (χ0v) is 17.4. The number of hydrogen-bond donors (Lipinski definition) is 1. The summed E-state index contributed by atoms with van der Waals surface area (Å²) in [6.07, 6.45) is 5.31. The van der Waals surface area contributed by atoms with Crippen molar-refractivity contribution in [1.82, 2.24) is 15.1 Å². The van der Waals surface area contributed by atoms with E-state index < -0.39 is 0 Å². The molecule has 2 aliphatic heterocycles. The summed E-state index contributed by atoms with van der Waals surface area (Å²) in [5, 5.41) is 3.77. The number of carbonyl (C=O) groups is 3. The monoisotopic (exact) mass is 417 g/mol. The summed E-state index contributed by atoms with van der Waals surface area (Å²) in [7, 11) is 0. The van der Waals surface area contributed by atoms with Crippen molar-refractivity contribution >= 4 is 29.3 Å². The molecule has 2 saturated heterocycles. The lowest BCUT2D eigenvalue weighted by molar-refractivity contribution is -0.133. The summed E-state index contributed by atoms with van der Waals surface area (Å²) < 4.78 is 0. The Morgan fingerprint density at radius 3 is 2.21 bits per heavy atom. The van der Waals surface area contributed by atoms with Crippen LogP contribution >= 0.6 is 11.6 Å². The quantitative estimate of drug-likeness (QED) is 0.818. The molecule has 156 valence electrons. The predicted molar refractivity (Wildman–Crippen MR) is 111 cm³/mol. The van der Waals surface area contributed by atoms with Crippen molar-refractivity contribution in [2.24, 2.45) is 11.8 Å². The minimum atomic E-state index is -0.175. The van der Waals surface area contributed by atoms with E-state index in [0.29, 0.717) is 29.6 Å². The highest BCUT2D eigenvalue weighted by Gasteiger charge is 2.36. The largest absolute Gasteiger partial charge is 0.353 e. The van der Waals surface area contributed by atoms with Gasteiger partial charge in [-0.15, -0.1) is 0 Å². The van der Waals surface area contributed by atoms with Crippen LogP contribution in [-0.4, -0.2) is 59.7 Å². The summed E-state index contributed by atoms with van der Waals surface area (Å²) in [6.45, 7) is 2.58. The van der Waals surface area contributed by atoms with Crippen LogP contribution in [0.25, 0.3) is 0 Å². The fourth-order valence-electron chi connectivity index (χ4n) is 4.30. The van der Waals surface area contributed by atoms with Gasteiger partial charge in [-0.1, -0.05) is 11.6 Å². The van der Waals surface area contributed by atoms with E-state index in [4.69, 9.17) is 11.6 Å². The van der Waals surface area contributed by atoms with E-state index in [1.54, 1.807) is 29.2 Å². The Balaban J connectivity index is 1.27. The molecule has 0 spiro atoms. The number of amides is 3. The van der Waals surface area contributed by atoms with Gasteiger partial charge in [0, 0.05) is 48.7 Å². The molecule has 0 unspecified atom stereocenters. The van der Waals surface area contributed by atoms with E-state index in [-0.39, 0.29) is 29.7 Å². The molecule has 1 N–H and O–H groups in total. The van der Waals surface area contributed by atoms with Crippen molar-refractivity contribution in [3.63, 3.8) is 0 Å². The van der Waals surface area contributed by atoms with Gasteiger partial charge in [-0.05, 0) is 62.8 Å². The smallest absolute Gasteiger partial charge is 0.253 e. The Morgan fingerprint density at radius 2 is 1.55 bits per heavy atom. The minimum absolute atomic E-state index is 0.0329. The topological polar surface area (TPSA) is 69.7 Å². The summed E-state index contributed by atoms with van der Waals surface area (Å²) in [6, 6.07) is 7.00. The van der Waals surface area contributed by atoms with Crippen molar-refractivity contribution in [3.8, 4) is 0 Å². The molecule has 0 radical (unpaired) electrons. The molecule has 4 rings (SSSR count). The molecule has 6 nitrogen and oxygen atoms in total. The first kappa shape index (κ1) is 20.2. The third kappa shape index (κ3) is 4.92. The van der Waals surface area contributed by atoms with E-state index in [0.717, 1.165) is 51.6 Å². The molecule has 3 aliphatic rings. The maximum absolute atomic E-state index is 12.8. The SMILES string of the molecule is O=C(NC1CCN(C(=O)C2CC2)CC1)[C@@H]1CCCN(C(=O)c2ccc(Cl)cc2)C1. The van der Waals surface area contributed by atoms with Crippen LogP contribution < -0.4 is 5.32 Å². The predicted octanol–water partition coefficient (Wildman–Crippen LogP) is 2.71. The van der Waals surface area contributed by atoms with Crippen molar-refractivity contribution < 1.29 is 14.4 Å². The molecule has 1 aliphatic carbocycles. The van der Waals surface area contributed by atoms with Gasteiger partial charge in [0.25, 0.3) is 5.91 Å². The van der Waals surface area contributed by atoms with Crippen LogP contribution in [0.15, 0.2) is 24.3 Å². The van der Waals surface area contributed by atoms with E-state index in [9.17, 15) is 14.4 Å². The number of rotatable bonds is 4. The lowest BCUT2D eigenvalue weighted by atomic mass is 9.95. The summed E-state index contributed by atoms with van der Waals surface area (Å²) in [5.41, 5.74) is 0.600. The molecule has 7 heteroatoms. The first-order valence-electron chi connectivity index (χ1n) is 10.7. The highest BCUT2D eigenvalue weighted by molar-refractivity contribution is 6.30. The van der Waals surface area contributed by atoms with Crippen molar-refractivity contribution in [2.45, 2.75) is 44.6 Å². The number of nitrogens with zero attached hydrogens (tertiary/aromatic N) is 2. The zero-order valence-electron chi connectivity index (χ0n) is 16.6. The molecule has 1 aromatic rings. The van der Waals surface area contributed by atoms with Gasteiger partial charge in [-0.2, -0.15) is 0 Å². The summed E-state index contributed by atoms with van der Waals surface area (Å²) in [5.74, 6) is 0.355. The zero-order chi connectivity index (χ0) is 20.4. The highest BCUT2D eigenvalue weighted by Crippen LogP contribution is 2.32. The lowest BCUT2D eigenvalue weighted by Gasteiger charge is -2.35. The van der Waals surface area contributed by atoms with Crippen LogP contribution in [0.5, 0.6) is 0 Å². The second kappa shape index (κ2) is 8.74. The molecular weight excluding hydrogens is 390 g/mol. The standard InChI is InChI=1S/C22H28ClN3O3/c23-18-7-5-16(6-8-18)22(29)26-11-1-2-17(14-26)20(27)24-19-9-12-25(13-10-19)21(28)15-3-4-15/h5-8,15,17,19H,1-4,9-14H2,(H,24,27)/t17-/m1/s1. The molecule has 0 aromatic heterocycles. The van der Waals surface area contributed by atoms with E-state index in [1.165, 1.54) is 0 Å². The molecule has 2 heterocycles. The van der Waals surface area contributed by atoms with Crippen LogP contribution in [0, 0.1) is 11.8 Å². The number of likely N-dealkylation sites (tertiary alicyclic amines) is 2. The van der Waals surface area contributed by atoms with Gasteiger partial charge in [0.1, 0.15) is 0 Å². The van der Waals surface area contributed by atoms with Gasteiger partial charge in [0.15, 0.2) is 0 Å². The second-order valence-corrected chi connectivity index (χ2v) is 8.92. The first-order valence-corrected chi connectivity index (χ1v) is 11.0. The van der Waals surface area contributed by atoms with Crippen LogP contribution in [0.4, 0.5) is 0 Å². The van der Waals surface area contributed by atoms with Crippen molar-refractivity contribution in [1.29, 1.82) is 0 Å². The highest BCUT2D eigenvalue weighted by atomic mass is 35.5. The normalized spacial score (nSPS) is 23.0. The van der Waals surface area contributed by atoms with Crippen LogP contribution in [0.3, 0.4) is 0 Å². The van der Waals surface area contributed by atoms with Gasteiger partial charge < -0.3 is 15.1 Å². The second-order valence-electron chi connectivity index (χ2n) is 8.48. The molecule has 29 heavy (non-hydrogen) atoms. The maximum atomic E-state index is 12.8. The minimum Gasteiger partial charge on any atom is -0.353 e. The van der Waals surface area contributed by atoms with Crippen LogP contribution in [0.1, 0.15) is 48.9 Å². The molecule has 0 bridgehead atoms. The Morgan fingerprint density at radius 1 is 0.862 bits per heavy atom. The van der Waals surface area contributed by atoms with Crippen molar-refractivity contribution in [2.75, 3.05) is 26.2 Å². The Bertz CT molecular complexity index is 770. The molecule has 1 saturated carbocycles.